The number of likely N-dealkylation sites (tertiary alicyclic amines) is 1. The van der Waals surface area contributed by atoms with E-state index < -0.39 is 17.7 Å². The number of carbonyl (C=O) groups is 1. The maximum absolute atomic E-state index is 13.1. The number of benzene rings is 1. The number of hydrogen-bond acceptors (Lipinski definition) is 6. The molecule has 0 spiro atoms. The summed E-state index contributed by atoms with van der Waals surface area (Å²) in [6.07, 6.45) is -2.83. The lowest BCUT2D eigenvalue weighted by molar-refractivity contribution is -0.251. The van der Waals surface area contributed by atoms with Crippen molar-refractivity contribution in [2.75, 3.05) is 20.2 Å². The monoisotopic (exact) mass is 453 g/mol. The van der Waals surface area contributed by atoms with Crippen LogP contribution in [0.15, 0.2) is 28.7 Å². The van der Waals surface area contributed by atoms with Crippen LogP contribution in [0.2, 0.25) is 0 Å². The smallest absolute Gasteiger partial charge is 0.426 e. The van der Waals surface area contributed by atoms with Crippen LogP contribution >= 0.6 is 0 Å². The number of alkyl halides is 3. The Labute approximate surface area is 183 Å². The Bertz CT molecular complexity index is 983. The second-order valence-corrected chi connectivity index (χ2v) is 8.99. The van der Waals surface area contributed by atoms with E-state index in [1.807, 2.05) is 19.1 Å². The molecule has 1 saturated carbocycles. The van der Waals surface area contributed by atoms with Crippen LogP contribution in [0.3, 0.4) is 0 Å². The molecular formula is C22H26F3N3O4. The van der Waals surface area contributed by atoms with E-state index in [0.717, 1.165) is 23.3 Å². The predicted octanol–water partition coefficient (Wildman–Crippen LogP) is 3.57. The number of nitrogens with zero attached hydrogens (tertiary/aromatic N) is 3. The summed E-state index contributed by atoms with van der Waals surface area (Å²) in [7, 11) is 1.58. The first kappa shape index (κ1) is 22.6. The molecule has 1 amide bonds. The molecule has 0 bridgehead atoms. The molecule has 32 heavy (non-hydrogen) atoms. The fraction of sp³-hybridized carbons (Fsp3) is 0.591. The van der Waals surface area contributed by atoms with Crippen molar-refractivity contribution < 1.29 is 32.2 Å². The molecule has 2 aliphatic rings. The molecule has 1 aromatic heterocycles. The highest BCUT2D eigenvalue weighted by Crippen LogP contribution is 2.58. The zero-order valence-electron chi connectivity index (χ0n) is 18.1. The Balaban J connectivity index is 1.48. The zero-order chi connectivity index (χ0) is 23.3. The Morgan fingerprint density at radius 2 is 1.91 bits per heavy atom. The lowest BCUT2D eigenvalue weighted by Crippen LogP contribution is -2.58. The van der Waals surface area contributed by atoms with Crippen molar-refractivity contribution in [3.8, 4) is 17.2 Å². The fourth-order valence-electron chi connectivity index (χ4n) is 4.73. The van der Waals surface area contributed by atoms with Gasteiger partial charge in [0.15, 0.2) is 0 Å². The first-order valence-corrected chi connectivity index (χ1v) is 10.6. The van der Waals surface area contributed by atoms with E-state index in [9.17, 15) is 23.1 Å². The topological polar surface area (TPSA) is 88.7 Å². The van der Waals surface area contributed by atoms with Crippen molar-refractivity contribution in [3.05, 3.63) is 30.2 Å². The van der Waals surface area contributed by atoms with E-state index in [4.69, 9.17) is 9.15 Å². The second kappa shape index (κ2) is 7.75. The van der Waals surface area contributed by atoms with Gasteiger partial charge in [0.25, 0.3) is 5.91 Å². The summed E-state index contributed by atoms with van der Waals surface area (Å²) in [4.78, 5) is 13.5. The molecule has 1 aliphatic heterocycles. The summed E-state index contributed by atoms with van der Waals surface area (Å²) >= 11 is 0. The average Bonchev–Trinajstić information content (AvgIpc) is 3.40. The van der Waals surface area contributed by atoms with Crippen LogP contribution in [-0.2, 0) is 10.2 Å². The molecule has 1 N–H and O–H groups in total. The SMILES string of the molecule is COc1ccc(-c2nnc(C3([C@@H]4CCN(C(=O)[C@@](C)(O)C(F)(F)F)C[C@@H]4C)CC3)o2)cc1. The molecule has 0 unspecified atom stereocenters. The number of methoxy groups -OCH3 is 1. The van der Waals surface area contributed by atoms with Crippen molar-refractivity contribution in [2.24, 2.45) is 11.8 Å². The third-order valence-electron chi connectivity index (χ3n) is 6.85. The third kappa shape index (κ3) is 3.74. The van der Waals surface area contributed by atoms with Gasteiger partial charge in [0.2, 0.25) is 17.4 Å². The number of hydrogen-bond donors (Lipinski definition) is 1. The summed E-state index contributed by atoms with van der Waals surface area (Å²) in [6, 6.07) is 7.26. The molecular weight excluding hydrogens is 427 g/mol. The molecule has 1 saturated heterocycles. The van der Waals surface area contributed by atoms with Gasteiger partial charge in [-0.05, 0) is 62.3 Å². The van der Waals surface area contributed by atoms with Crippen LogP contribution in [0.25, 0.3) is 11.5 Å². The Hall–Kier alpha value is -2.62. The highest BCUT2D eigenvalue weighted by atomic mass is 19.4. The zero-order valence-corrected chi connectivity index (χ0v) is 18.1. The van der Waals surface area contributed by atoms with Gasteiger partial charge in [0, 0.05) is 18.7 Å². The van der Waals surface area contributed by atoms with Crippen LogP contribution < -0.4 is 4.74 Å². The molecule has 1 aromatic carbocycles. The first-order chi connectivity index (χ1) is 15.0. The van der Waals surface area contributed by atoms with Gasteiger partial charge < -0.3 is 19.2 Å². The quantitative estimate of drug-likeness (QED) is 0.745. The Kier molecular flexibility index (Phi) is 5.47. The van der Waals surface area contributed by atoms with Gasteiger partial charge >= 0.3 is 6.18 Å². The standard InChI is InChI=1S/C22H26F3N3O4/c1-13-12-28(19(29)20(2,30)22(23,24)25)11-8-16(13)21(9-10-21)18-27-26-17(32-18)14-4-6-15(31-3)7-5-14/h4-7,13,16,30H,8-12H2,1-3H3/t13-,16+,20+/m0/s1. The fourth-order valence-corrected chi connectivity index (χ4v) is 4.73. The number of piperidine rings is 1. The average molecular weight is 453 g/mol. The second-order valence-electron chi connectivity index (χ2n) is 8.99. The van der Waals surface area contributed by atoms with Crippen molar-refractivity contribution >= 4 is 5.91 Å². The molecule has 7 nitrogen and oxygen atoms in total. The summed E-state index contributed by atoms with van der Waals surface area (Å²) in [5.74, 6) is 0.339. The van der Waals surface area contributed by atoms with Gasteiger partial charge in [0.05, 0.1) is 12.5 Å². The van der Waals surface area contributed by atoms with Gasteiger partial charge in [-0.1, -0.05) is 6.92 Å². The van der Waals surface area contributed by atoms with Crippen LogP contribution in [0, 0.1) is 11.8 Å². The minimum Gasteiger partial charge on any atom is -0.497 e. The maximum Gasteiger partial charge on any atom is 0.426 e. The van der Waals surface area contributed by atoms with Crippen LogP contribution in [0.4, 0.5) is 13.2 Å². The van der Waals surface area contributed by atoms with E-state index in [-0.39, 0.29) is 30.3 Å². The third-order valence-corrected chi connectivity index (χ3v) is 6.85. The van der Waals surface area contributed by atoms with Crippen LogP contribution in [0.1, 0.15) is 39.0 Å². The molecule has 10 heteroatoms. The highest BCUT2D eigenvalue weighted by Gasteiger charge is 2.60. The molecule has 0 radical (unpaired) electrons. The summed E-state index contributed by atoms with van der Waals surface area (Å²) in [6.45, 7) is 2.69. The van der Waals surface area contributed by atoms with E-state index in [1.165, 1.54) is 0 Å². The molecule has 2 aromatic rings. The van der Waals surface area contributed by atoms with Crippen molar-refractivity contribution in [1.29, 1.82) is 0 Å². The normalized spacial score (nSPS) is 24.7. The summed E-state index contributed by atoms with van der Waals surface area (Å²) in [5.41, 5.74) is -2.95. The van der Waals surface area contributed by atoms with Gasteiger partial charge in [-0.25, -0.2) is 0 Å². The van der Waals surface area contributed by atoms with E-state index >= 15 is 0 Å². The number of aromatic nitrogens is 2. The largest absolute Gasteiger partial charge is 0.497 e. The molecule has 2 fully saturated rings. The molecule has 174 valence electrons. The molecule has 1 aliphatic carbocycles. The Morgan fingerprint density at radius 3 is 2.44 bits per heavy atom. The maximum atomic E-state index is 13.1. The minimum atomic E-state index is -5.02. The van der Waals surface area contributed by atoms with Crippen molar-refractivity contribution in [2.45, 2.75) is 50.3 Å². The summed E-state index contributed by atoms with van der Waals surface area (Å²) < 4.78 is 50.4. The molecule has 2 heterocycles. The Morgan fingerprint density at radius 1 is 1.25 bits per heavy atom. The number of carbonyl (C=O) groups excluding carboxylic acids is 1. The molecule has 4 rings (SSSR count). The number of halogens is 3. The number of rotatable bonds is 5. The van der Waals surface area contributed by atoms with E-state index in [0.29, 0.717) is 30.9 Å². The van der Waals surface area contributed by atoms with Gasteiger partial charge in [-0.3, -0.25) is 4.79 Å². The van der Waals surface area contributed by atoms with Gasteiger partial charge in [-0.2, -0.15) is 13.2 Å². The molecule has 3 atom stereocenters. The number of aliphatic hydroxyl groups is 1. The van der Waals surface area contributed by atoms with E-state index in [2.05, 4.69) is 10.2 Å². The van der Waals surface area contributed by atoms with Gasteiger partial charge in [0.1, 0.15) is 5.75 Å². The lowest BCUT2D eigenvalue weighted by atomic mass is 9.74. The minimum absolute atomic E-state index is 0.0874. The first-order valence-electron chi connectivity index (χ1n) is 10.6. The summed E-state index contributed by atoms with van der Waals surface area (Å²) in [5, 5.41) is 18.2. The van der Waals surface area contributed by atoms with Crippen LogP contribution in [-0.4, -0.2) is 58.1 Å². The van der Waals surface area contributed by atoms with Crippen molar-refractivity contribution in [1.82, 2.24) is 15.1 Å². The number of amides is 1. The van der Waals surface area contributed by atoms with Crippen LogP contribution in [0.5, 0.6) is 5.75 Å². The van der Waals surface area contributed by atoms with Gasteiger partial charge in [-0.15, -0.1) is 10.2 Å². The lowest BCUT2D eigenvalue weighted by Gasteiger charge is -2.42. The number of ether oxygens (including phenoxy) is 1. The van der Waals surface area contributed by atoms with E-state index in [1.54, 1.807) is 19.2 Å². The van der Waals surface area contributed by atoms with Crippen molar-refractivity contribution in [3.63, 3.8) is 0 Å². The highest BCUT2D eigenvalue weighted by molar-refractivity contribution is 5.85. The predicted molar refractivity (Wildman–Crippen MR) is 108 cm³/mol.